The summed E-state index contributed by atoms with van der Waals surface area (Å²) in [5, 5.41) is 8.24. The summed E-state index contributed by atoms with van der Waals surface area (Å²) in [5.74, 6) is -6.03. The van der Waals surface area contributed by atoms with Crippen LogP contribution in [-0.4, -0.2) is 16.1 Å². The molecule has 1 rings (SSSR count). The third-order valence-corrected chi connectivity index (χ3v) is 1.65. The highest BCUT2D eigenvalue weighted by Crippen LogP contribution is 2.29. The lowest BCUT2D eigenvalue weighted by molar-refractivity contribution is -0.166. The molecule has 1 aromatic rings. The Kier molecular flexibility index (Phi) is 2.27. The van der Waals surface area contributed by atoms with Crippen LogP contribution in [0.1, 0.15) is 11.1 Å². The molecule has 0 aliphatic carbocycles. The molecular weight excluding hydrogens is 180 g/mol. The van der Waals surface area contributed by atoms with Crippen LogP contribution in [0.25, 0.3) is 0 Å². The molecule has 1 aromatic heterocycles. The van der Waals surface area contributed by atoms with Crippen molar-refractivity contribution in [3.63, 3.8) is 0 Å². The highest BCUT2D eigenvalue weighted by Gasteiger charge is 2.42. The lowest BCUT2D eigenvalue weighted by atomic mass is 10.1. The van der Waals surface area contributed by atoms with Crippen LogP contribution in [0.4, 0.5) is 8.78 Å². The van der Waals surface area contributed by atoms with E-state index in [2.05, 4.69) is 4.98 Å². The third kappa shape index (κ3) is 1.63. The summed E-state index contributed by atoms with van der Waals surface area (Å²) in [4.78, 5) is 13.6. The van der Waals surface area contributed by atoms with Crippen LogP contribution in [0.5, 0.6) is 0 Å². The number of rotatable bonds is 2. The van der Waals surface area contributed by atoms with E-state index in [1.54, 1.807) is 0 Å². The van der Waals surface area contributed by atoms with Crippen LogP contribution < -0.4 is 0 Å². The van der Waals surface area contributed by atoms with Gasteiger partial charge in [-0.3, -0.25) is 4.98 Å². The van der Waals surface area contributed by atoms with E-state index in [0.29, 0.717) is 0 Å². The largest absolute Gasteiger partial charge is 0.477 e. The number of aryl methyl sites for hydroxylation is 1. The molecule has 0 aromatic carbocycles. The predicted molar refractivity (Wildman–Crippen MR) is 40.5 cm³/mol. The minimum Gasteiger partial charge on any atom is -0.477 e. The summed E-state index contributed by atoms with van der Waals surface area (Å²) < 4.78 is 25.8. The van der Waals surface area contributed by atoms with Crippen LogP contribution in [0.15, 0.2) is 18.5 Å². The maximum atomic E-state index is 12.9. The minimum absolute atomic E-state index is 0.211. The van der Waals surface area contributed by atoms with Gasteiger partial charge in [0.1, 0.15) is 0 Å². The molecule has 13 heavy (non-hydrogen) atoms. The predicted octanol–water partition coefficient (Wildman–Crippen LogP) is 1.57. The molecule has 70 valence electrons. The fourth-order valence-corrected chi connectivity index (χ4v) is 0.908. The van der Waals surface area contributed by atoms with Gasteiger partial charge in [0, 0.05) is 12.4 Å². The first kappa shape index (κ1) is 9.57. The standard InChI is InChI=1S/C8H7F2NO2/c1-5-2-3-11-4-6(5)8(9,10)7(12)13/h2-4H,1H3,(H,12,13). The molecule has 0 amide bonds. The quantitative estimate of drug-likeness (QED) is 0.764. The van der Waals surface area contributed by atoms with Gasteiger partial charge in [-0.15, -0.1) is 0 Å². The van der Waals surface area contributed by atoms with Crippen LogP contribution in [0.3, 0.4) is 0 Å². The van der Waals surface area contributed by atoms with Crippen molar-refractivity contribution in [1.82, 2.24) is 4.98 Å². The number of carbonyl (C=O) groups is 1. The molecule has 3 nitrogen and oxygen atoms in total. The van der Waals surface area contributed by atoms with Crippen molar-refractivity contribution in [2.45, 2.75) is 12.8 Å². The topological polar surface area (TPSA) is 50.2 Å². The van der Waals surface area contributed by atoms with Gasteiger partial charge >= 0.3 is 11.9 Å². The number of carboxylic acid groups (broad SMARTS) is 1. The molecular formula is C8H7F2NO2. The second-order valence-corrected chi connectivity index (χ2v) is 2.57. The summed E-state index contributed by atoms with van der Waals surface area (Å²) in [6, 6.07) is 1.34. The zero-order chi connectivity index (χ0) is 10.1. The smallest absolute Gasteiger partial charge is 0.379 e. The monoisotopic (exact) mass is 187 g/mol. The summed E-state index contributed by atoms with van der Waals surface area (Å²) in [6.45, 7) is 1.41. The maximum absolute atomic E-state index is 12.9. The van der Waals surface area contributed by atoms with Gasteiger partial charge in [0.15, 0.2) is 0 Å². The lowest BCUT2D eigenvalue weighted by Gasteiger charge is -2.12. The molecule has 5 heteroatoms. The van der Waals surface area contributed by atoms with Crippen LogP contribution >= 0.6 is 0 Å². The first-order chi connectivity index (χ1) is 5.96. The lowest BCUT2D eigenvalue weighted by Crippen LogP contribution is -2.26. The second-order valence-electron chi connectivity index (χ2n) is 2.57. The number of aromatic nitrogens is 1. The Labute approximate surface area is 73.0 Å². The van der Waals surface area contributed by atoms with E-state index in [0.717, 1.165) is 6.20 Å². The number of hydrogen-bond acceptors (Lipinski definition) is 2. The summed E-state index contributed by atoms with van der Waals surface area (Å²) >= 11 is 0. The van der Waals surface area contributed by atoms with E-state index in [1.807, 2.05) is 0 Å². The van der Waals surface area contributed by atoms with Crippen molar-refractivity contribution < 1.29 is 18.7 Å². The van der Waals surface area contributed by atoms with E-state index in [-0.39, 0.29) is 5.56 Å². The first-order valence-electron chi connectivity index (χ1n) is 3.48. The van der Waals surface area contributed by atoms with Crippen LogP contribution in [-0.2, 0) is 10.7 Å². The Morgan fingerprint density at radius 3 is 2.69 bits per heavy atom. The SMILES string of the molecule is Cc1ccncc1C(F)(F)C(=O)O. The van der Waals surface area contributed by atoms with Crippen molar-refractivity contribution in [2.75, 3.05) is 0 Å². The first-order valence-corrected chi connectivity index (χ1v) is 3.48. The Morgan fingerprint density at radius 2 is 2.23 bits per heavy atom. The summed E-state index contributed by atoms with van der Waals surface area (Å²) in [5.41, 5.74) is -0.357. The summed E-state index contributed by atoms with van der Waals surface area (Å²) in [7, 11) is 0. The normalized spacial score (nSPS) is 11.3. The second kappa shape index (κ2) is 3.08. The molecule has 0 aliphatic heterocycles. The molecule has 0 spiro atoms. The van der Waals surface area contributed by atoms with E-state index in [1.165, 1.54) is 19.2 Å². The summed E-state index contributed by atoms with van der Waals surface area (Å²) in [6.07, 6.45) is 2.19. The van der Waals surface area contributed by atoms with Crippen molar-refractivity contribution in [1.29, 1.82) is 0 Å². The minimum atomic E-state index is -3.86. The van der Waals surface area contributed by atoms with Crippen LogP contribution in [0.2, 0.25) is 0 Å². The zero-order valence-electron chi connectivity index (χ0n) is 6.79. The molecule has 0 bridgehead atoms. The molecule has 0 saturated heterocycles. The number of nitrogens with zero attached hydrogens (tertiary/aromatic N) is 1. The average molecular weight is 187 g/mol. The van der Waals surface area contributed by atoms with Gasteiger partial charge in [-0.1, -0.05) is 0 Å². The van der Waals surface area contributed by atoms with Gasteiger partial charge < -0.3 is 5.11 Å². The van der Waals surface area contributed by atoms with E-state index < -0.39 is 17.5 Å². The molecule has 0 unspecified atom stereocenters. The fourth-order valence-electron chi connectivity index (χ4n) is 0.908. The average Bonchev–Trinajstić information content (AvgIpc) is 2.04. The maximum Gasteiger partial charge on any atom is 0.379 e. The molecule has 0 radical (unpaired) electrons. The molecule has 0 saturated carbocycles. The number of carboxylic acids is 1. The third-order valence-electron chi connectivity index (χ3n) is 1.65. The number of pyridine rings is 1. The number of hydrogen-bond donors (Lipinski definition) is 1. The Bertz CT molecular complexity index is 339. The number of halogens is 2. The highest BCUT2D eigenvalue weighted by atomic mass is 19.3. The number of alkyl halides is 2. The van der Waals surface area contributed by atoms with E-state index in [4.69, 9.17) is 5.11 Å². The highest BCUT2D eigenvalue weighted by molar-refractivity contribution is 5.77. The van der Waals surface area contributed by atoms with Gasteiger partial charge in [0.25, 0.3) is 0 Å². The Morgan fingerprint density at radius 1 is 1.62 bits per heavy atom. The van der Waals surface area contributed by atoms with Crippen LogP contribution in [0, 0.1) is 6.92 Å². The molecule has 1 heterocycles. The molecule has 1 N–H and O–H groups in total. The van der Waals surface area contributed by atoms with Crippen molar-refractivity contribution >= 4 is 5.97 Å². The van der Waals surface area contributed by atoms with E-state index >= 15 is 0 Å². The Hall–Kier alpha value is -1.52. The molecule has 0 atom stereocenters. The van der Waals surface area contributed by atoms with Crippen molar-refractivity contribution in [3.8, 4) is 0 Å². The Balaban J connectivity index is 3.22. The van der Waals surface area contributed by atoms with Gasteiger partial charge in [-0.2, -0.15) is 8.78 Å². The van der Waals surface area contributed by atoms with E-state index in [9.17, 15) is 13.6 Å². The van der Waals surface area contributed by atoms with Gasteiger partial charge in [-0.25, -0.2) is 4.79 Å². The molecule has 0 aliphatic rings. The van der Waals surface area contributed by atoms with Gasteiger partial charge in [-0.05, 0) is 18.6 Å². The van der Waals surface area contributed by atoms with Crippen molar-refractivity contribution in [2.24, 2.45) is 0 Å². The number of aliphatic carboxylic acids is 1. The van der Waals surface area contributed by atoms with Gasteiger partial charge in [0.2, 0.25) is 0 Å². The molecule has 0 fully saturated rings. The van der Waals surface area contributed by atoms with Crippen molar-refractivity contribution in [3.05, 3.63) is 29.6 Å². The zero-order valence-corrected chi connectivity index (χ0v) is 6.79. The fraction of sp³-hybridized carbons (Fsp3) is 0.250. The van der Waals surface area contributed by atoms with Gasteiger partial charge in [0.05, 0.1) is 5.56 Å².